The molecule has 1 aliphatic heterocycles. The average Bonchev–Trinajstić information content (AvgIpc) is 2.67. The number of alkyl halides is 3. The Balaban J connectivity index is 1.56. The Morgan fingerprint density at radius 3 is 2.29 bits per heavy atom. The molecule has 1 aromatic carbocycles. The van der Waals surface area contributed by atoms with Crippen molar-refractivity contribution in [1.29, 1.82) is 0 Å². The molecule has 2 heterocycles. The van der Waals surface area contributed by atoms with Gasteiger partial charge in [0.15, 0.2) is 0 Å². The van der Waals surface area contributed by atoms with Crippen LogP contribution in [-0.2, 0) is 11.0 Å². The van der Waals surface area contributed by atoms with Crippen molar-refractivity contribution in [2.45, 2.75) is 25.9 Å². The summed E-state index contributed by atoms with van der Waals surface area (Å²) in [5, 5.41) is 2.79. The predicted molar refractivity (Wildman–Crippen MR) is 97.7 cm³/mol. The standard InChI is InChI=1S/C20H20F3N3O2/c1-13-3-2-4-17(24-13)25-18(27)14-9-11-26(12-10-14)19(28)15-5-7-16(8-6-15)20(21,22)23/h2-8,14H,9-12H2,1H3,(H,24,25,27). The third-order valence-electron chi connectivity index (χ3n) is 4.75. The Labute approximate surface area is 160 Å². The van der Waals surface area contributed by atoms with Crippen molar-refractivity contribution < 1.29 is 22.8 Å². The number of rotatable bonds is 3. The van der Waals surface area contributed by atoms with E-state index in [0.717, 1.165) is 17.8 Å². The van der Waals surface area contributed by atoms with Crippen molar-refractivity contribution in [2.75, 3.05) is 18.4 Å². The maximum absolute atomic E-state index is 12.6. The van der Waals surface area contributed by atoms with Crippen molar-refractivity contribution in [2.24, 2.45) is 5.92 Å². The normalized spacial score (nSPS) is 15.4. The molecule has 0 atom stereocenters. The minimum atomic E-state index is -4.43. The fourth-order valence-electron chi connectivity index (χ4n) is 3.17. The van der Waals surface area contributed by atoms with Crippen molar-refractivity contribution in [1.82, 2.24) is 9.88 Å². The van der Waals surface area contributed by atoms with Gasteiger partial charge < -0.3 is 10.2 Å². The Morgan fingerprint density at radius 2 is 1.71 bits per heavy atom. The summed E-state index contributed by atoms with van der Waals surface area (Å²) in [4.78, 5) is 30.7. The summed E-state index contributed by atoms with van der Waals surface area (Å²) in [5.41, 5.74) is 0.221. The monoisotopic (exact) mass is 391 g/mol. The predicted octanol–water partition coefficient (Wildman–Crippen LogP) is 3.90. The Kier molecular flexibility index (Phi) is 5.67. The number of carbonyl (C=O) groups is 2. The number of piperidine rings is 1. The molecule has 0 radical (unpaired) electrons. The molecule has 1 fully saturated rings. The zero-order chi connectivity index (χ0) is 20.3. The fourth-order valence-corrected chi connectivity index (χ4v) is 3.17. The zero-order valence-electron chi connectivity index (χ0n) is 15.3. The third kappa shape index (κ3) is 4.68. The molecule has 1 aliphatic rings. The molecule has 0 unspecified atom stereocenters. The van der Waals surface area contributed by atoms with E-state index in [2.05, 4.69) is 10.3 Å². The van der Waals surface area contributed by atoms with E-state index in [-0.39, 0.29) is 23.3 Å². The second kappa shape index (κ2) is 8.00. The van der Waals surface area contributed by atoms with Crippen LogP contribution in [0.25, 0.3) is 0 Å². The topological polar surface area (TPSA) is 62.3 Å². The zero-order valence-corrected chi connectivity index (χ0v) is 15.3. The van der Waals surface area contributed by atoms with E-state index in [4.69, 9.17) is 0 Å². The molecule has 1 saturated heterocycles. The van der Waals surface area contributed by atoms with Gasteiger partial charge in [-0.1, -0.05) is 6.07 Å². The average molecular weight is 391 g/mol. The highest BCUT2D eigenvalue weighted by atomic mass is 19.4. The van der Waals surface area contributed by atoms with Gasteiger partial charge in [-0.25, -0.2) is 4.98 Å². The van der Waals surface area contributed by atoms with Crippen LogP contribution in [0.2, 0.25) is 0 Å². The number of aryl methyl sites for hydroxylation is 1. The van der Waals surface area contributed by atoms with Gasteiger partial charge in [0.1, 0.15) is 5.82 Å². The first-order valence-corrected chi connectivity index (χ1v) is 8.95. The number of hydrogen-bond donors (Lipinski definition) is 1. The van der Waals surface area contributed by atoms with Gasteiger partial charge in [0.05, 0.1) is 5.56 Å². The molecule has 0 spiro atoms. The molecule has 28 heavy (non-hydrogen) atoms. The van der Waals surface area contributed by atoms with Crippen LogP contribution in [0, 0.1) is 12.8 Å². The molecule has 2 amide bonds. The number of halogens is 3. The van der Waals surface area contributed by atoms with Gasteiger partial charge in [-0.3, -0.25) is 9.59 Å². The summed E-state index contributed by atoms with van der Waals surface area (Å²) >= 11 is 0. The van der Waals surface area contributed by atoms with Crippen LogP contribution >= 0.6 is 0 Å². The number of nitrogens with zero attached hydrogens (tertiary/aromatic N) is 2. The number of pyridine rings is 1. The van der Waals surface area contributed by atoms with Crippen LogP contribution in [0.5, 0.6) is 0 Å². The van der Waals surface area contributed by atoms with E-state index in [1.165, 1.54) is 12.1 Å². The number of anilines is 1. The molecule has 0 aliphatic carbocycles. The molecule has 148 valence electrons. The van der Waals surface area contributed by atoms with Crippen LogP contribution in [0.1, 0.15) is 34.5 Å². The van der Waals surface area contributed by atoms with Gasteiger partial charge in [0, 0.05) is 30.3 Å². The van der Waals surface area contributed by atoms with E-state index >= 15 is 0 Å². The Bertz CT molecular complexity index is 858. The van der Waals surface area contributed by atoms with Crippen molar-refractivity contribution in [3.8, 4) is 0 Å². The molecule has 1 N–H and O–H groups in total. The highest BCUT2D eigenvalue weighted by molar-refractivity contribution is 5.95. The van der Waals surface area contributed by atoms with Crippen LogP contribution in [0.3, 0.4) is 0 Å². The molecule has 3 rings (SSSR count). The number of aromatic nitrogens is 1. The van der Waals surface area contributed by atoms with E-state index in [9.17, 15) is 22.8 Å². The van der Waals surface area contributed by atoms with E-state index in [1.54, 1.807) is 11.0 Å². The molecule has 0 bridgehead atoms. The lowest BCUT2D eigenvalue weighted by Gasteiger charge is -2.31. The van der Waals surface area contributed by atoms with Crippen molar-refractivity contribution in [3.05, 3.63) is 59.3 Å². The summed E-state index contributed by atoms with van der Waals surface area (Å²) in [6.07, 6.45) is -3.45. The molecule has 1 aromatic heterocycles. The maximum atomic E-state index is 12.6. The summed E-state index contributed by atoms with van der Waals surface area (Å²) < 4.78 is 37.9. The first-order chi connectivity index (χ1) is 13.2. The smallest absolute Gasteiger partial charge is 0.339 e. The molecular weight excluding hydrogens is 371 g/mol. The minimum absolute atomic E-state index is 0.139. The van der Waals surface area contributed by atoms with Gasteiger partial charge >= 0.3 is 6.18 Å². The van der Waals surface area contributed by atoms with Gasteiger partial charge in [-0.05, 0) is 56.2 Å². The lowest BCUT2D eigenvalue weighted by atomic mass is 9.95. The molecular formula is C20H20F3N3O2. The Hall–Kier alpha value is -2.90. The van der Waals surface area contributed by atoms with Crippen LogP contribution in [0.15, 0.2) is 42.5 Å². The van der Waals surface area contributed by atoms with Crippen molar-refractivity contribution in [3.63, 3.8) is 0 Å². The number of benzene rings is 1. The third-order valence-corrected chi connectivity index (χ3v) is 4.75. The van der Waals surface area contributed by atoms with Gasteiger partial charge in [-0.15, -0.1) is 0 Å². The largest absolute Gasteiger partial charge is 0.416 e. The van der Waals surface area contributed by atoms with Crippen LogP contribution in [-0.4, -0.2) is 34.8 Å². The highest BCUT2D eigenvalue weighted by Crippen LogP contribution is 2.29. The molecule has 5 nitrogen and oxygen atoms in total. The second-order valence-corrected chi connectivity index (χ2v) is 6.80. The van der Waals surface area contributed by atoms with E-state index < -0.39 is 11.7 Å². The first kappa shape index (κ1) is 19.9. The van der Waals surface area contributed by atoms with E-state index in [0.29, 0.717) is 31.7 Å². The minimum Gasteiger partial charge on any atom is -0.339 e. The lowest BCUT2D eigenvalue weighted by molar-refractivity contribution is -0.137. The van der Waals surface area contributed by atoms with Crippen LogP contribution < -0.4 is 5.32 Å². The van der Waals surface area contributed by atoms with E-state index in [1.807, 2.05) is 19.1 Å². The number of nitrogens with one attached hydrogen (secondary N) is 1. The number of amides is 2. The molecule has 0 saturated carbocycles. The van der Waals surface area contributed by atoms with Crippen molar-refractivity contribution >= 4 is 17.6 Å². The number of likely N-dealkylation sites (tertiary alicyclic amines) is 1. The summed E-state index contributed by atoms with van der Waals surface area (Å²) in [7, 11) is 0. The maximum Gasteiger partial charge on any atom is 0.416 e. The summed E-state index contributed by atoms with van der Waals surface area (Å²) in [6, 6.07) is 9.55. The highest BCUT2D eigenvalue weighted by Gasteiger charge is 2.31. The first-order valence-electron chi connectivity index (χ1n) is 8.95. The SMILES string of the molecule is Cc1cccc(NC(=O)C2CCN(C(=O)c3ccc(C(F)(F)F)cc3)CC2)n1. The Morgan fingerprint density at radius 1 is 1.07 bits per heavy atom. The van der Waals surface area contributed by atoms with Gasteiger partial charge in [-0.2, -0.15) is 13.2 Å². The quantitative estimate of drug-likeness (QED) is 0.863. The molecule has 2 aromatic rings. The number of hydrogen-bond acceptors (Lipinski definition) is 3. The second-order valence-electron chi connectivity index (χ2n) is 6.80. The summed E-state index contributed by atoms with van der Waals surface area (Å²) in [5.74, 6) is -0.208. The lowest BCUT2D eigenvalue weighted by Crippen LogP contribution is -2.41. The van der Waals surface area contributed by atoms with Gasteiger partial charge in [0.2, 0.25) is 5.91 Å². The van der Waals surface area contributed by atoms with Crippen LogP contribution in [0.4, 0.5) is 19.0 Å². The number of carbonyl (C=O) groups excluding carboxylic acids is 2. The fraction of sp³-hybridized carbons (Fsp3) is 0.350. The molecule has 8 heteroatoms. The summed E-state index contributed by atoms with van der Waals surface area (Å²) in [6.45, 7) is 2.58. The van der Waals surface area contributed by atoms with Gasteiger partial charge in [0.25, 0.3) is 5.91 Å².